The highest BCUT2D eigenvalue weighted by Gasteiger charge is 2.32. The number of anilines is 2. The maximum absolute atomic E-state index is 12.6. The summed E-state index contributed by atoms with van der Waals surface area (Å²) in [7, 11) is 0.471. The second-order valence-corrected chi connectivity index (χ2v) is 20.1. The normalized spacial score (nSPS) is 20.1. The van der Waals surface area contributed by atoms with Crippen LogP contribution in [0, 0.1) is 11.8 Å². The van der Waals surface area contributed by atoms with E-state index < -0.39 is 8.07 Å². The molecule has 1 aromatic carbocycles. The topological polar surface area (TPSA) is 97.8 Å². The van der Waals surface area contributed by atoms with E-state index in [2.05, 4.69) is 65.5 Å². The molecular formula is C33H55N5O4SSi. The summed E-state index contributed by atoms with van der Waals surface area (Å²) in [5.74, 6) is 2.69. The Morgan fingerprint density at radius 1 is 1.09 bits per heavy atom. The van der Waals surface area contributed by atoms with Crippen molar-refractivity contribution in [3.8, 4) is 0 Å². The zero-order chi connectivity index (χ0) is 31.4. The van der Waals surface area contributed by atoms with Crippen molar-refractivity contribution in [1.29, 1.82) is 0 Å². The average Bonchev–Trinajstić information content (AvgIpc) is 3.48. The van der Waals surface area contributed by atoms with Crippen LogP contribution in [0.4, 0.5) is 16.4 Å². The number of alkyl carbamates (subject to hydrolysis) is 1. The summed E-state index contributed by atoms with van der Waals surface area (Å²) in [6.07, 6.45) is 9.23. The Kier molecular flexibility index (Phi) is 13.8. The molecular weight excluding hydrogens is 591 g/mol. The van der Waals surface area contributed by atoms with E-state index in [4.69, 9.17) is 23.0 Å². The second kappa shape index (κ2) is 17.5. The van der Waals surface area contributed by atoms with E-state index in [9.17, 15) is 4.79 Å². The Hall–Kier alpha value is -2.21. The number of amides is 1. The van der Waals surface area contributed by atoms with Crippen LogP contribution in [0.25, 0.3) is 0 Å². The number of aromatic nitrogens is 2. The van der Waals surface area contributed by atoms with E-state index in [1.807, 2.05) is 6.92 Å². The maximum atomic E-state index is 12.6. The third-order valence-electron chi connectivity index (χ3n) is 8.96. The molecule has 0 spiro atoms. The fourth-order valence-corrected chi connectivity index (χ4v) is 7.56. The van der Waals surface area contributed by atoms with E-state index in [1.165, 1.54) is 49.4 Å². The van der Waals surface area contributed by atoms with Gasteiger partial charge in [0.05, 0.1) is 37.1 Å². The van der Waals surface area contributed by atoms with Gasteiger partial charge in [-0.3, -0.25) is 0 Å². The molecule has 1 saturated heterocycles. The second-order valence-electron chi connectivity index (χ2n) is 13.9. The third kappa shape index (κ3) is 11.3. The lowest BCUT2D eigenvalue weighted by Gasteiger charge is -2.38. The molecule has 4 rings (SSSR count). The van der Waals surface area contributed by atoms with Gasteiger partial charge in [0.15, 0.2) is 11.6 Å². The molecule has 2 aliphatic rings. The van der Waals surface area contributed by atoms with Crippen molar-refractivity contribution in [3.05, 3.63) is 35.9 Å². The van der Waals surface area contributed by atoms with Crippen LogP contribution in [-0.4, -0.2) is 75.0 Å². The highest BCUT2D eigenvalue weighted by atomic mass is 32.1. The molecule has 2 heterocycles. The molecule has 0 bridgehead atoms. The lowest BCUT2D eigenvalue weighted by atomic mass is 9.85. The molecule has 1 saturated carbocycles. The fourth-order valence-electron chi connectivity index (χ4n) is 6.31. The molecule has 1 aromatic heterocycles. The molecule has 9 nitrogen and oxygen atoms in total. The van der Waals surface area contributed by atoms with E-state index in [0.717, 1.165) is 50.0 Å². The smallest absolute Gasteiger partial charge is 0.407 e. The Morgan fingerprint density at radius 2 is 1.86 bits per heavy atom. The number of carbonyl (C=O) groups is 1. The van der Waals surface area contributed by atoms with E-state index in [1.54, 1.807) is 7.11 Å². The van der Waals surface area contributed by atoms with Gasteiger partial charge in [0.1, 0.15) is 0 Å². The van der Waals surface area contributed by atoms with Gasteiger partial charge >= 0.3 is 6.09 Å². The fraction of sp³-hybridized carbons (Fsp3) is 0.727. The predicted molar refractivity (Wildman–Crippen MR) is 183 cm³/mol. The SMILES string of the molecule is CO[C@@H](C)COC(c1ccccc1)C1CCCN(c2nsnc2NC(CNC(=O)OCC[Si](C)(C)C)CC2CCCCC2)C1. The highest BCUT2D eigenvalue weighted by Crippen LogP contribution is 2.37. The zero-order valence-electron chi connectivity index (χ0n) is 27.6. The molecule has 3 unspecified atom stereocenters. The standard InChI is InChI=1S/C33H55N5O4SSi/c1-25(40-2)24-42-30(27-15-10-7-11-16-27)28-17-12-18-38(23-28)32-31(36-43-37-32)35-29(21-26-13-8-6-9-14-26)22-34-33(39)41-19-20-44(3,4)5/h7,10-11,15-16,25-26,28-30H,6,8-9,12-14,17-24H2,1-5H3,(H,34,39)(H,35,36)/t25-,28?,29?,30?/m0/s1. The molecule has 2 aromatic rings. The quantitative estimate of drug-likeness (QED) is 0.183. The summed E-state index contributed by atoms with van der Waals surface area (Å²) in [5.41, 5.74) is 1.20. The van der Waals surface area contributed by atoms with Gasteiger partial charge in [-0.1, -0.05) is 82.1 Å². The van der Waals surface area contributed by atoms with Crippen LogP contribution in [0.1, 0.15) is 70.0 Å². The molecule has 11 heteroatoms. The van der Waals surface area contributed by atoms with Crippen LogP contribution in [-0.2, 0) is 14.2 Å². The first kappa shape index (κ1) is 34.7. The lowest BCUT2D eigenvalue weighted by Crippen LogP contribution is -2.41. The molecule has 4 atom stereocenters. The largest absolute Gasteiger partial charge is 0.450 e. The summed E-state index contributed by atoms with van der Waals surface area (Å²) in [6, 6.07) is 11.6. The Balaban J connectivity index is 1.42. The van der Waals surface area contributed by atoms with Gasteiger partial charge in [-0.2, -0.15) is 8.75 Å². The van der Waals surface area contributed by atoms with Crippen molar-refractivity contribution in [2.75, 3.05) is 50.2 Å². The van der Waals surface area contributed by atoms with Crippen LogP contribution in [0.15, 0.2) is 30.3 Å². The number of hydrogen-bond acceptors (Lipinski definition) is 9. The van der Waals surface area contributed by atoms with Gasteiger partial charge < -0.3 is 29.7 Å². The van der Waals surface area contributed by atoms with Gasteiger partial charge in [0.25, 0.3) is 0 Å². The first-order chi connectivity index (χ1) is 21.2. The van der Waals surface area contributed by atoms with E-state index >= 15 is 0 Å². The van der Waals surface area contributed by atoms with Gasteiger partial charge in [-0.05, 0) is 43.7 Å². The summed E-state index contributed by atoms with van der Waals surface area (Å²) in [5, 5.41) is 6.76. The number of nitrogens with zero attached hydrogens (tertiary/aromatic N) is 3. The molecule has 0 radical (unpaired) electrons. The van der Waals surface area contributed by atoms with Crippen LogP contribution in [0.2, 0.25) is 25.7 Å². The van der Waals surface area contributed by atoms with Crippen LogP contribution in [0.5, 0.6) is 0 Å². The summed E-state index contributed by atoms with van der Waals surface area (Å²) < 4.78 is 27.0. The lowest BCUT2D eigenvalue weighted by molar-refractivity contribution is -0.0461. The number of rotatable bonds is 16. The Bertz CT molecular complexity index is 1110. The first-order valence-corrected chi connectivity index (χ1v) is 21.1. The van der Waals surface area contributed by atoms with E-state index in [-0.39, 0.29) is 24.3 Å². The molecule has 1 aliphatic heterocycles. The minimum Gasteiger partial charge on any atom is -0.450 e. The van der Waals surface area contributed by atoms with Crippen molar-refractivity contribution < 1.29 is 19.0 Å². The maximum Gasteiger partial charge on any atom is 0.407 e. The van der Waals surface area contributed by atoms with Gasteiger partial charge in [0.2, 0.25) is 0 Å². The number of ether oxygens (including phenoxy) is 3. The number of benzene rings is 1. The summed E-state index contributed by atoms with van der Waals surface area (Å²) in [6.45, 7) is 12.2. The Morgan fingerprint density at radius 3 is 2.59 bits per heavy atom. The van der Waals surface area contributed by atoms with Crippen molar-refractivity contribution in [2.24, 2.45) is 11.8 Å². The van der Waals surface area contributed by atoms with Crippen LogP contribution in [0.3, 0.4) is 0 Å². The number of nitrogens with one attached hydrogen (secondary N) is 2. The summed E-state index contributed by atoms with van der Waals surface area (Å²) in [4.78, 5) is 14.9. The molecule has 246 valence electrons. The molecule has 2 fully saturated rings. The molecule has 1 aliphatic carbocycles. The Labute approximate surface area is 270 Å². The monoisotopic (exact) mass is 645 g/mol. The van der Waals surface area contributed by atoms with Gasteiger partial charge in [0, 0.05) is 46.8 Å². The number of methoxy groups -OCH3 is 1. The molecule has 1 amide bonds. The minimum absolute atomic E-state index is 0.0187. The number of piperidine rings is 1. The third-order valence-corrected chi connectivity index (χ3v) is 11.2. The number of carbonyl (C=O) groups excluding carboxylic acids is 1. The van der Waals surface area contributed by atoms with Crippen molar-refractivity contribution >= 4 is 37.5 Å². The van der Waals surface area contributed by atoms with Crippen LogP contribution >= 0.6 is 11.7 Å². The van der Waals surface area contributed by atoms with Crippen molar-refractivity contribution in [1.82, 2.24) is 14.1 Å². The first-order valence-electron chi connectivity index (χ1n) is 16.7. The molecule has 2 N–H and O–H groups in total. The average molecular weight is 646 g/mol. The van der Waals surface area contributed by atoms with Gasteiger partial charge in [-0.15, -0.1) is 0 Å². The van der Waals surface area contributed by atoms with Crippen LogP contribution < -0.4 is 15.5 Å². The van der Waals surface area contributed by atoms with Crippen molar-refractivity contribution in [2.45, 2.75) is 102 Å². The van der Waals surface area contributed by atoms with Crippen molar-refractivity contribution in [3.63, 3.8) is 0 Å². The minimum atomic E-state index is -1.26. The predicted octanol–water partition coefficient (Wildman–Crippen LogP) is 7.36. The zero-order valence-corrected chi connectivity index (χ0v) is 29.4. The molecule has 44 heavy (non-hydrogen) atoms. The van der Waals surface area contributed by atoms with Gasteiger partial charge in [-0.25, -0.2) is 4.79 Å². The summed E-state index contributed by atoms with van der Waals surface area (Å²) >= 11 is 1.25. The highest BCUT2D eigenvalue weighted by molar-refractivity contribution is 6.99. The number of hydrogen-bond donors (Lipinski definition) is 2. The van der Waals surface area contributed by atoms with E-state index in [0.29, 0.717) is 31.6 Å².